The van der Waals surface area contributed by atoms with Crippen LogP contribution in [0.15, 0.2) is 54.6 Å². The molecule has 2 heterocycles. The molecule has 4 rings (SSSR count). The summed E-state index contributed by atoms with van der Waals surface area (Å²) in [6.45, 7) is 2.66. The van der Waals surface area contributed by atoms with Crippen LogP contribution in [0.3, 0.4) is 0 Å². The second kappa shape index (κ2) is 8.41. The third-order valence-electron chi connectivity index (χ3n) is 6.23. The van der Waals surface area contributed by atoms with E-state index < -0.39 is 11.7 Å². The number of anilines is 1. The molecule has 0 unspecified atom stereocenters. The smallest absolute Gasteiger partial charge is 0.255 e. The summed E-state index contributed by atoms with van der Waals surface area (Å²) in [5.74, 6) is -0.304. The Balaban J connectivity index is 1.45. The van der Waals surface area contributed by atoms with Crippen LogP contribution < -0.4 is 10.6 Å². The molecular formula is C24H28N4O3. The van der Waals surface area contributed by atoms with Crippen LogP contribution in [0, 0.1) is 0 Å². The molecule has 31 heavy (non-hydrogen) atoms. The van der Waals surface area contributed by atoms with E-state index in [0.29, 0.717) is 31.5 Å². The monoisotopic (exact) mass is 420 g/mol. The number of likely N-dealkylation sites (N-methyl/N-ethyl adjacent to an activating group) is 1. The molecule has 1 spiro atoms. The van der Waals surface area contributed by atoms with Gasteiger partial charge in [0.15, 0.2) is 0 Å². The van der Waals surface area contributed by atoms with Crippen LogP contribution >= 0.6 is 0 Å². The number of benzene rings is 2. The highest BCUT2D eigenvalue weighted by molar-refractivity contribution is 6.02. The van der Waals surface area contributed by atoms with Gasteiger partial charge in [-0.1, -0.05) is 42.5 Å². The molecule has 1 fully saturated rings. The van der Waals surface area contributed by atoms with Crippen molar-refractivity contribution < 1.29 is 14.4 Å². The van der Waals surface area contributed by atoms with Crippen LogP contribution in [-0.2, 0) is 16.1 Å². The SMILES string of the molecule is C[C@@H](C(=O)N(C)Cc1ccccc1)N1CC[C@@]2(CCC1=O)NC(=O)c1ccccc1N2. The molecule has 7 heteroatoms. The van der Waals surface area contributed by atoms with Crippen molar-refractivity contribution in [3.63, 3.8) is 0 Å². The Labute approximate surface area is 182 Å². The average molecular weight is 421 g/mol. The molecule has 2 atom stereocenters. The van der Waals surface area contributed by atoms with Crippen molar-refractivity contribution in [1.29, 1.82) is 0 Å². The van der Waals surface area contributed by atoms with E-state index in [1.807, 2.05) is 48.5 Å². The normalized spacial score (nSPS) is 21.5. The van der Waals surface area contributed by atoms with E-state index in [4.69, 9.17) is 0 Å². The maximum absolute atomic E-state index is 13.0. The van der Waals surface area contributed by atoms with Gasteiger partial charge in [-0.3, -0.25) is 14.4 Å². The van der Waals surface area contributed by atoms with E-state index in [-0.39, 0.29) is 24.1 Å². The molecule has 0 bridgehead atoms. The highest BCUT2D eigenvalue weighted by Crippen LogP contribution is 2.32. The first-order chi connectivity index (χ1) is 14.9. The number of nitrogens with zero attached hydrogens (tertiary/aromatic N) is 2. The number of nitrogens with one attached hydrogen (secondary N) is 2. The van der Waals surface area contributed by atoms with Crippen LogP contribution in [0.1, 0.15) is 42.1 Å². The summed E-state index contributed by atoms with van der Waals surface area (Å²) in [4.78, 5) is 41.9. The number of hydrogen-bond acceptors (Lipinski definition) is 4. The molecule has 0 aliphatic carbocycles. The third kappa shape index (κ3) is 4.26. The lowest BCUT2D eigenvalue weighted by Gasteiger charge is -2.40. The molecule has 2 aromatic rings. The van der Waals surface area contributed by atoms with E-state index in [0.717, 1.165) is 11.3 Å². The standard InChI is InChI=1S/C24H28N4O3/c1-17(23(31)27(2)16-18-8-4-3-5-9-18)28-15-14-24(13-12-21(28)29)25-20-11-7-6-10-19(20)22(30)26-24/h3-11,17,25H,12-16H2,1-2H3,(H,26,30)/t17-,24+/m0/s1. The van der Waals surface area contributed by atoms with E-state index in [1.165, 1.54) is 0 Å². The summed E-state index contributed by atoms with van der Waals surface area (Å²) >= 11 is 0. The Morgan fingerprint density at radius 2 is 1.77 bits per heavy atom. The summed E-state index contributed by atoms with van der Waals surface area (Å²) in [5.41, 5.74) is 1.74. The minimum Gasteiger partial charge on any atom is -0.362 e. The average Bonchev–Trinajstić information content (AvgIpc) is 2.92. The van der Waals surface area contributed by atoms with Crippen LogP contribution in [-0.4, -0.2) is 52.8 Å². The number of para-hydroxylation sites is 1. The summed E-state index contributed by atoms with van der Waals surface area (Å²) in [5, 5.41) is 6.51. The van der Waals surface area contributed by atoms with Crippen molar-refractivity contribution in [1.82, 2.24) is 15.1 Å². The summed E-state index contributed by atoms with van der Waals surface area (Å²) in [7, 11) is 1.76. The first kappa shape index (κ1) is 20.9. The maximum Gasteiger partial charge on any atom is 0.255 e. The van der Waals surface area contributed by atoms with Crippen LogP contribution in [0.4, 0.5) is 5.69 Å². The van der Waals surface area contributed by atoms with Gasteiger partial charge in [0.25, 0.3) is 5.91 Å². The van der Waals surface area contributed by atoms with Crippen LogP contribution in [0.5, 0.6) is 0 Å². The molecule has 7 nitrogen and oxygen atoms in total. The van der Waals surface area contributed by atoms with E-state index in [1.54, 1.807) is 29.8 Å². The predicted molar refractivity (Wildman–Crippen MR) is 118 cm³/mol. The minimum atomic E-state index is -0.686. The van der Waals surface area contributed by atoms with Gasteiger partial charge in [0.1, 0.15) is 11.7 Å². The number of amides is 3. The molecule has 0 saturated carbocycles. The quantitative estimate of drug-likeness (QED) is 0.797. The fraction of sp³-hybridized carbons (Fsp3) is 0.375. The molecule has 0 radical (unpaired) electrons. The van der Waals surface area contributed by atoms with Crippen molar-refractivity contribution in [2.24, 2.45) is 0 Å². The number of carbonyl (C=O) groups excluding carboxylic acids is 3. The van der Waals surface area contributed by atoms with Gasteiger partial charge >= 0.3 is 0 Å². The van der Waals surface area contributed by atoms with Gasteiger partial charge in [-0.05, 0) is 31.0 Å². The molecule has 3 amide bonds. The number of fused-ring (bicyclic) bond motifs is 1. The molecule has 2 aliphatic heterocycles. The molecule has 162 valence electrons. The first-order valence-electron chi connectivity index (χ1n) is 10.7. The minimum absolute atomic E-state index is 0.0688. The second-order valence-electron chi connectivity index (χ2n) is 8.40. The van der Waals surface area contributed by atoms with Gasteiger partial charge < -0.3 is 20.4 Å². The van der Waals surface area contributed by atoms with E-state index in [2.05, 4.69) is 10.6 Å². The number of likely N-dealkylation sites (tertiary alicyclic amines) is 1. The Kier molecular flexibility index (Phi) is 5.67. The third-order valence-corrected chi connectivity index (χ3v) is 6.23. The Hall–Kier alpha value is -3.35. The molecular weight excluding hydrogens is 392 g/mol. The van der Waals surface area contributed by atoms with Gasteiger partial charge in [0.05, 0.1) is 5.56 Å². The van der Waals surface area contributed by atoms with Gasteiger partial charge in [-0.15, -0.1) is 0 Å². The largest absolute Gasteiger partial charge is 0.362 e. The zero-order valence-corrected chi connectivity index (χ0v) is 17.9. The van der Waals surface area contributed by atoms with Crippen LogP contribution in [0.25, 0.3) is 0 Å². The van der Waals surface area contributed by atoms with Crippen LogP contribution in [0.2, 0.25) is 0 Å². The lowest BCUT2D eigenvalue weighted by molar-refractivity contribution is -0.144. The van der Waals surface area contributed by atoms with Crippen molar-refractivity contribution in [3.8, 4) is 0 Å². The number of carbonyl (C=O) groups is 3. The highest BCUT2D eigenvalue weighted by atomic mass is 16.2. The topological polar surface area (TPSA) is 81.8 Å². The molecule has 1 saturated heterocycles. The number of hydrogen-bond donors (Lipinski definition) is 2. The fourth-order valence-electron chi connectivity index (χ4n) is 4.44. The molecule has 2 aromatic carbocycles. The zero-order chi connectivity index (χ0) is 22.0. The second-order valence-corrected chi connectivity index (χ2v) is 8.40. The Bertz CT molecular complexity index is 993. The van der Waals surface area contributed by atoms with Crippen molar-refractivity contribution in [2.45, 2.75) is 44.4 Å². The van der Waals surface area contributed by atoms with E-state index >= 15 is 0 Å². The summed E-state index contributed by atoms with van der Waals surface area (Å²) in [6.07, 6.45) is 1.26. The zero-order valence-electron chi connectivity index (χ0n) is 17.9. The maximum atomic E-state index is 13.0. The van der Waals surface area contributed by atoms with Crippen molar-refractivity contribution in [3.05, 3.63) is 65.7 Å². The summed E-state index contributed by atoms with van der Waals surface area (Å²) in [6, 6.07) is 16.6. The van der Waals surface area contributed by atoms with Gasteiger partial charge in [0, 0.05) is 38.7 Å². The van der Waals surface area contributed by atoms with Gasteiger partial charge in [0.2, 0.25) is 11.8 Å². The Morgan fingerprint density at radius 1 is 1.06 bits per heavy atom. The van der Waals surface area contributed by atoms with Gasteiger partial charge in [-0.25, -0.2) is 0 Å². The van der Waals surface area contributed by atoms with E-state index in [9.17, 15) is 14.4 Å². The molecule has 2 aliphatic rings. The highest BCUT2D eigenvalue weighted by Gasteiger charge is 2.42. The summed E-state index contributed by atoms with van der Waals surface area (Å²) < 4.78 is 0. The molecule has 0 aromatic heterocycles. The first-order valence-corrected chi connectivity index (χ1v) is 10.7. The fourth-order valence-corrected chi connectivity index (χ4v) is 4.44. The van der Waals surface area contributed by atoms with Crippen molar-refractivity contribution in [2.75, 3.05) is 18.9 Å². The predicted octanol–water partition coefficient (Wildman–Crippen LogP) is 2.60. The van der Waals surface area contributed by atoms with Gasteiger partial charge in [-0.2, -0.15) is 0 Å². The molecule has 2 N–H and O–H groups in total. The van der Waals surface area contributed by atoms with Crippen molar-refractivity contribution >= 4 is 23.4 Å². The Morgan fingerprint density at radius 3 is 2.55 bits per heavy atom. The lowest BCUT2D eigenvalue weighted by Crippen LogP contribution is -2.58. The number of rotatable bonds is 4. The lowest BCUT2D eigenvalue weighted by atomic mass is 9.95.